The number of pyridine rings is 1. The summed E-state index contributed by atoms with van der Waals surface area (Å²) >= 11 is 0. The van der Waals surface area contributed by atoms with E-state index in [2.05, 4.69) is 21.3 Å². The molecule has 0 unspecified atom stereocenters. The highest BCUT2D eigenvalue weighted by Gasteiger charge is 2.20. The summed E-state index contributed by atoms with van der Waals surface area (Å²) in [5.74, 6) is 2.43. The molecule has 0 spiro atoms. The molecular weight excluding hydrogens is 316 g/mol. The van der Waals surface area contributed by atoms with Crippen molar-refractivity contribution in [3.8, 4) is 17.6 Å². The van der Waals surface area contributed by atoms with Gasteiger partial charge >= 0.3 is 0 Å². The second-order valence-electron chi connectivity index (χ2n) is 6.02. The Labute approximate surface area is 148 Å². The van der Waals surface area contributed by atoms with Crippen LogP contribution < -0.4 is 19.7 Å². The zero-order valence-electron chi connectivity index (χ0n) is 14.5. The van der Waals surface area contributed by atoms with Gasteiger partial charge in [-0.2, -0.15) is 5.26 Å². The summed E-state index contributed by atoms with van der Waals surface area (Å²) in [6.45, 7) is 1.81. The Morgan fingerprint density at radius 2 is 1.80 bits per heavy atom. The number of nitrogens with zero attached hydrogens (tertiary/aromatic N) is 3. The molecule has 1 saturated heterocycles. The molecule has 1 aliphatic heterocycles. The maximum Gasteiger partial charge on any atom is 0.129 e. The van der Waals surface area contributed by atoms with Crippen molar-refractivity contribution in [2.24, 2.45) is 0 Å². The molecule has 6 heteroatoms. The van der Waals surface area contributed by atoms with Gasteiger partial charge < -0.3 is 19.7 Å². The third-order valence-corrected chi connectivity index (χ3v) is 4.42. The molecule has 3 rings (SSSR count). The number of aromatic nitrogens is 1. The van der Waals surface area contributed by atoms with Crippen LogP contribution in [0.5, 0.6) is 11.5 Å². The quantitative estimate of drug-likeness (QED) is 0.903. The van der Waals surface area contributed by atoms with Crippen molar-refractivity contribution in [3.63, 3.8) is 0 Å². The molecule has 1 fully saturated rings. The number of benzene rings is 1. The summed E-state index contributed by atoms with van der Waals surface area (Å²) in [5, 5.41) is 12.6. The minimum absolute atomic E-state index is 0.382. The maximum atomic E-state index is 9.03. The standard InChI is InChI=1S/C19H22N4O2/c1-24-17-10-16(11-18(12-17)25-2)22-15-4-7-23(8-5-15)19-9-14(13-20)3-6-21-19/h3,6,9-12,15,22H,4-5,7-8H2,1-2H3. The minimum Gasteiger partial charge on any atom is -0.497 e. The first-order chi connectivity index (χ1) is 12.2. The van der Waals surface area contributed by atoms with Crippen molar-refractivity contribution >= 4 is 11.5 Å². The van der Waals surface area contributed by atoms with Crippen molar-refractivity contribution in [2.75, 3.05) is 37.5 Å². The molecule has 0 saturated carbocycles. The van der Waals surface area contributed by atoms with Crippen molar-refractivity contribution in [3.05, 3.63) is 42.1 Å². The van der Waals surface area contributed by atoms with Gasteiger partial charge in [0.2, 0.25) is 0 Å². The van der Waals surface area contributed by atoms with Crippen LogP contribution in [-0.2, 0) is 0 Å². The molecule has 0 atom stereocenters. The van der Waals surface area contributed by atoms with E-state index in [1.54, 1.807) is 26.5 Å². The van der Waals surface area contributed by atoms with Gasteiger partial charge in [0.05, 0.1) is 25.9 Å². The first kappa shape index (κ1) is 16.9. The molecule has 6 nitrogen and oxygen atoms in total. The van der Waals surface area contributed by atoms with Gasteiger partial charge in [-0.05, 0) is 25.0 Å². The molecule has 2 aromatic rings. The Bertz CT molecular complexity index is 742. The summed E-state index contributed by atoms with van der Waals surface area (Å²) in [5.41, 5.74) is 1.65. The van der Waals surface area contributed by atoms with Gasteiger partial charge in [-0.3, -0.25) is 0 Å². The zero-order chi connectivity index (χ0) is 17.6. The van der Waals surface area contributed by atoms with Crippen LogP contribution in [0.4, 0.5) is 11.5 Å². The first-order valence-corrected chi connectivity index (χ1v) is 8.32. The smallest absolute Gasteiger partial charge is 0.129 e. The van der Waals surface area contributed by atoms with E-state index in [-0.39, 0.29) is 0 Å². The van der Waals surface area contributed by atoms with E-state index in [4.69, 9.17) is 14.7 Å². The summed E-state index contributed by atoms with van der Waals surface area (Å²) in [7, 11) is 3.30. The van der Waals surface area contributed by atoms with Crippen LogP contribution in [0.3, 0.4) is 0 Å². The fraction of sp³-hybridized carbons (Fsp3) is 0.368. The predicted octanol–water partition coefficient (Wildman–Crippen LogP) is 3.05. The van der Waals surface area contributed by atoms with Gasteiger partial charge in [0.25, 0.3) is 0 Å². The van der Waals surface area contributed by atoms with Crippen LogP contribution in [0.15, 0.2) is 36.5 Å². The number of nitriles is 1. The first-order valence-electron chi connectivity index (χ1n) is 8.32. The van der Waals surface area contributed by atoms with Crippen molar-refractivity contribution in [2.45, 2.75) is 18.9 Å². The molecule has 130 valence electrons. The van der Waals surface area contributed by atoms with Crippen LogP contribution in [0.2, 0.25) is 0 Å². The van der Waals surface area contributed by atoms with Gasteiger partial charge in [-0.1, -0.05) is 0 Å². The fourth-order valence-electron chi connectivity index (χ4n) is 3.04. The Morgan fingerprint density at radius 3 is 2.40 bits per heavy atom. The van der Waals surface area contributed by atoms with E-state index in [1.165, 1.54) is 0 Å². The second-order valence-corrected chi connectivity index (χ2v) is 6.02. The fourth-order valence-corrected chi connectivity index (χ4v) is 3.04. The van der Waals surface area contributed by atoms with Crippen molar-refractivity contribution < 1.29 is 9.47 Å². The van der Waals surface area contributed by atoms with E-state index in [0.717, 1.165) is 48.9 Å². The Kier molecular flexibility index (Phi) is 5.24. The molecule has 1 aliphatic rings. The van der Waals surface area contributed by atoms with Crippen molar-refractivity contribution in [1.82, 2.24) is 4.98 Å². The molecule has 1 aromatic carbocycles. The van der Waals surface area contributed by atoms with Crippen LogP contribution in [0.1, 0.15) is 18.4 Å². The Balaban J connectivity index is 1.62. The summed E-state index contributed by atoms with van der Waals surface area (Å²) in [4.78, 5) is 6.61. The van der Waals surface area contributed by atoms with Crippen LogP contribution in [-0.4, -0.2) is 38.3 Å². The molecular formula is C19H22N4O2. The number of ether oxygens (including phenoxy) is 2. The van der Waals surface area contributed by atoms with Crippen LogP contribution >= 0.6 is 0 Å². The van der Waals surface area contributed by atoms with Crippen LogP contribution in [0, 0.1) is 11.3 Å². The maximum absolute atomic E-state index is 9.03. The largest absolute Gasteiger partial charge is 0.497 e. The Morgan fingerprint density at radius 1 is 1.12 bits per heavy atom. The van der Waals surface area contributed by atoms with E-state index in [0.29, 0.717) is 11.6 Å². The third kappa shape index (κ3) is 4.13. The predicted molar refractivity (Wildman–Crippen MR) is 97.4 cm³/mol. The molecule has 2 heterocycles. The van der Waals surface area contributed by atoms with Crippen LogP contribution in [0.25, 0.3) is 0 Å². The minimum atomic E-state index is 0.382. The lowest BCUT2D eigenvalue weighted by Gasteiger charge is -2.33. The molecule has 0 aliphatic carbocycles. The lowest BCUT2D eigenvalue weighted by molar-refractivity contribution is 0.394. The lowest BCUT2D eigenvalue weighted by atomic mass is 10.0. The van der Waals surface area contributed by atoms with E-state index < -0.39 is 0 Å². The number of anilines is 2. The highest BCUT2D eigenvalue weighted by atomic mass is 16.5. The van der Waals surface area contributed by atoms with Gasteiger partial charge in [0.15, 0.2) is 0 Å². The van der Waals surface area contributed by atoms with E-state index in [1.807, 2.05) is 24.3 Å². The molecule has 0 radical (unpaired) electrons. The van der Waals surface area contributed by atoms with Gasteiger partial charge in [-0.25, -0.2) is 4.98 Å². The number of nitrogens with one attached hydrogen (secondary N) is 1. The number of piperidine rings is 1. The molecule has 1 N–H and O–H groups in total. The number of rotatable bonds is 5. The average molecular weight is 338 g/mol. The van der Waals surface area contributed by atoms with Gasteiger partial charge in [0.1, 0.15) is 17.3 Å². The topological polar surface area (TPSA) is 70.4 Å². The highest BCUT2D eigenvalue weighted by Crippen LogP contribution is 2.28. The second kappa shape index (κ2) is 7.75. The highest BCUT2D eigenvalue weighted by molar-refractivity contribution is 5.54. The van der Waals surface area contributed by atoms with Crippen molar-refractivity contribution in [1.29, 1.82) is 5.26 Å². The van der Waals surface area contributed by atoms with E-state index in [9.17, 15) is 0 Å². The summed E-state index contributed by atoms with van der Waals surface area (Å²) < 4.78 is 10.6. The summed E-state index contributed by atoms with van der Waals surface area (Å²) in [6.07, 6.45) is 3.69. The lowest BCUT2D eigenvalue weighted by Crippen LogP contribution is -2.39. The number of hydrogen-bond acceptors (Lipinski definition) is 6. The zero-order valence-corrected chi connectivity index (χ0v) is 14.5. The summed E-state index contributed by atoms with van der Waals surface area (Å²) in [6, 6.07) is 11.9. The van der Waals surface area contributed by atoms with Gasteiger partial charge in [-0.15, -0.1) is 0 Å². The molecule has 0 bridgehead atoms. The normalized spacial score (nSPS) is 14.7. The monoisotopic (exact) mass is 338 g/mol. The Hall–Kier alpha value is -2.94. The average Bonchev–Trinajstić information content (AvgIpc) is 2.68. The van der Waals surface area contributed by atoms with E-state index >= 15 is 0 Å². The number of methoxy groups -OCH3 is 2. The third-order valence-electron chi connectivity index (χ3n) is 4.42. The number of hydrogen-bond donors (Lipinski definition) is 1. The van der Waals surface area contributed by atoms with Gasteiger partial charge in [0, 0.05) is 49.2 Å². The SMILES string of the molecule is COc1cc(NC2CCN(c3cc(C#N)ccn3)CC2)cc(OC)c1. The molecule has 25 heavy (non-hydrogen) atoms. The molecule has 0 amide bonds. The molecule has 1 aromatic heterocycles.